The van der Waals surface area contributed by atoms with Crippen LogP contribution in [0.25, 0.3) is 0 Å². The van der Waals surface area contributed by atoms with Crippen molar-refractivity contribution in [2.24, 2.45) is 4.99 Å². The Hall–Kier alpha value is -1.56. The molecular weight excluding hydrogens is 288 g/mol. The molecule has 0 saturated carbocycles. The first kappa shape index (κ1) is 19.5. The average Bonchev–Trinajstić information content (AvgIpc) is 2.89. The van der Waals surface area contributed by atoms with E-state index in [0.717, 1.165) is 38.6 Å². The minimum atomic E-state index is 0.588. The summed E-state index contributed by atoms with van der Waals surface area (Å²) in [5.41, 5.74) is 1.19. The molecule has 0 unspecified atom stereocenters. The van der Waals surface area contributed by atoms with Crippen LogP contribution in [0.15, 0.2) is 17.4 Å². The maximum absolute atomic E-state index is 4.28. The Labute approximate surface area is 141 Å². The number of hydrogen-bond acceptors (Lipinski definition) is 3. The van der Waals surface area contributed by atoms with Crippen molar-refractivity contribution in [3.63, 3.8) is 0 Å². The van der Waals surface area contributed by atoms with Gasteiger partial charge in [-0.15, -0.1) is 0 Å². The molecular formula is C17H34N6. The van der Waals surface area contributed by atoms with Gasteiger partial charge in [0.1, 0.15) is 0 Å². The minimum absolute atomic E-state index is 0.588. The van der Waals surface area contributed by atoms with E-state index in [4.69, 9.17) is 0 Å². The highest BCUT2D eigenvalue weighted by Gasteiger charge is 2.12. The lowest BCUT2D eigenvalue weighted by Crippen LogP contribution is -2.42. The molecule has 0 amide bonds. The zero-order valence-corrected chi connectivity index (χ0v) is 15.6. The first-order chi connectivity index (χ1) is 10.9. The second-order valence-electron chi connectivity index (χ2n) is 6.49. The number of nitrogens with zero attached hydrogens (tertiary/aromatic N) is 4. The van der Waals surface area contributed by atoms with Crippen LogP contribution in [0.1, 0.15) is 39.7 Å². The predicted molar refractivity (Wildman–Crippen MR) is 97.9 cm³/mol. The molecule has 1 heterocycles. The van der Waals surface area contributed by atoms with Gasteiger partial charge in [0.05, 0.1) is 12.7 Å². The molecule has 1 rings (SSSR count). The Morgan fingerprint density at radius 3 is 2.39 bits per heavy atom. The molecule has 0 aliphatic heterocycles. The van der Waals surface area contributed by atoms with Gasteiger partial charge >= 0.3 is 0 Å². The van der Waals surface area contributed by atoms with Crippen molar-refractivity contribution in [3.8, 4) is 0 Å². The monoisotopic (exact) mass is 322 g/mol. The Morgan fingerprint density at radius 1 is 1.22 bits per heavy atom. The Bertz CT molecular complexity index is 455. The molecule has 0 aliphatic rings. The van der Waals surface area contributed by atoms with Crippen molar-refractivity contribution in [2.45, 2.75) is 59.7 Å². The summed E-state index contributed by atoms with van der Waals surface area (Å²) in [6, 6.07) is 1.18. The van der Waals surface area contributed by atoms with Gasteiger partial charge in [0.15, 0.2) is 5.96 Å². The van der Waals surface area contributed by atoms with Gasteiger partial charge in [0.25, 0.3) is 0 Å². The zero-order chi connectivity index (χ0) is 17.2. The van der Waals surface area contributed by atoms with Crippen molar-refractivity contribution >= 4 is 5.96 Å². The predicted octanol–water partition coefficient (Wildman–Crippen LogP) is 1.87. The van der Waals surface area contributed by atoms with E-state index >= 15 is 0 Å². The van der Waals surface area contributed by atoms with E-state index < -0.39 is 0 Å². The largest absolute Gasteiger partial charge is 0.356 e. The van der Waals surface area contributed by atoms with E-state index in [1.807, 2.05) is 24.1 Å². The second-order valence-corrected chi connectivity index (χ2v) is 6.49. The van der Waals surface area contributed by atoms with Crippen molar-refractivity contribution in [1.29, 1.82) is 0 Å². The van der Waals surface area contributed by atoms with Crippen LogP contribution >= 0.6 is 0 Å². The van der Waals surface area contributed by atoms with Crippen molar-refractivity contribution in [3.05, 3.63) is 18.0 Å². The van der Waals surface area contributed by atoms with Crippen LogP contribution in [-0.4, -0.2) is 59.4 Å². The number of aromatic nitrogens is 2. The molecule has 0 atom stereocenters. The minimum Gasteiger partial charge on any atom is -0.356 e. The molecule has 6 nitrogen and oxygen atoms in total. The fourth-order valence-electron chi connectivity index (χ4n) is 2.68. The lowest BCUT2D eigenvalue weighted by molar-refractivity contribution is 0.173. The first-order valence-electron chi connectivity index (χ1n) is 8.63. The van der Waals surface area contributed by atoms with E-state index in [-0.39, 0.29) is 0 Å². The Balaban J connectivity index is 2.21. The number of nitrogens with one attached hydrogen (secondary N) is 2. The van der Waals surface area contributed by atoms with Crippen molar-refractivity contribution in [1.82, 2.24) is 25.3 Å². The highest BCUT2D eigenvalue weighted by molar-refractivity contribution is 5.79. The molecule has 1 aromatic rings. The van der Waals surface area contributed by atoms with Crippen LogP contribution in [0.5, 0.6) is 0 Å². The molecule has 0 bridgehead atoms. The first-order valence-corrected chi connectivity index (χ1v) is 8.63. The highest BCUT2D eigenvalue weighted by Crippen LogP contribution is 2.05. The summed E-state index contributed by atoms with van der Waals surface area (Å²) in [7, 11) is 1.81. The number of guanidine groups is 1. The summed E-state index contributed by atoms with van der Waals surface area (Å²) in [4.78, 5) is 6.77. The molecule has 0 fully saturated rings. The summed E-state index contributed by atoms with van der Waals surface area (Å²) in [6.07, 6.45) is 5.03. The molecule has 0 radical (unpaired) electrons. The molecule has 0 saturated heterocycles. The quantitative estimate of drug-likeness (QED) is 0.414. The van der Waals surface area contributed by atoms with E-state index in [0.29, 0.717) is 12.1 Å². The van der Waals surface area contributed by atoms with Crippen LogP contribution in [0.2, 0.25) is 0 Å². The summed E-state index contributed by atoms with van der Waals surface area (Å²) >= 11 is 0. The van der Waals surface area contributed by atoms with Crippen LogP contribution in [-0.2, 0) is 6.54 Å². The van der Waals surface area contributed by atoms with Gasteiger partial charge in [0, 0.05) is 45.0 Å². The number of aryl methyl sites for hydroxylation is 1. The van der Waals surface area contributed by atoms with E-state index in [2.05, 4.69) is 60.2 Å². The molecule has 23 heavy (non-hydrogen) atoms. The summed E-state index contributed by atoms with van der Waals surface area (Å²) in [6.45, 7) is 14.7. The highest BCUT2D eigenvalue weighted by atomic mass is 15.3. The van der Waals surface area contributed by atoms with Crippen molar-refractivity contribution in [2.75, 3.05) is 26.7 Å². The van der Waals surface area contributed by atoms with Gasteiger partial charge in [-0.25, -0.2) is 0 Å². The van der Waals surface area contributed by atoms with Crippen LogP contribution in [0.4, 0.5) is 0 Å². The maximum atomic E-state index is 4.28. The number of rotatable bonds is 9. The normalized spacial score (nSPS) is 12.5. The lowest BCUT2D eigenvalue weighted by atomic mass is 10.2. The van der Waals surface area contributed by atoms with Gasteiger partial charge in [-0.1, -0.05) is 0 Å². The summed E-state index contributed by atoms with van der Waals surface area (Å²) in [5, 5.41) is 11.0. The molecule has 1 aromatic heterocycles. The van der Waals surface area contributed by atoms with Gasteiger partial charge in [-0.05, 0) is 46.6 Å². The van der Waals surface area contributed by atoms with Gasteiger partial charge in [-0.3, -0.25) is 14.6 Å². The van der Waals surface area contributed by atoms with Crippen LogP contribution < -0.4 is 10.6 Å². The van der Waals surface area contributed by atoms with Crippen molar-refractivity contribution < 1.29 is 0 Å². The third kappa shape index (κ3) is 7.50. The third-order valence-corrected chi connectivity index (χ3v) is 3.83. The van der Waals surface area contributed by atoms with E-state index in [9.17, 15) is 0 Å². The number of aliphatic imine (C=N–C) groups is 1. The van der Waals surface area contributed by atoms with E-state index in [1.54, 1.807) is 0 Å². The topological polar surface area (TPSA) is 57.5 Å². The number of hydrogen-bond donors (Lipinski definition) is 2. The lowest BCUT2D eigenvalue weighted by Gasteiger charge is -2.30. The Morgan fingerprint density at radius 2 is 1.87 bits per heavy atom. The third-order valence-electron chi connectivity index (χ3n) is 3.83. The molecule has 0 spiro atoms. The Kier molecular flexibility index (Phi) is 8.69. The van der Waals surface area contributed by atoms with Gasteiger partial charge < -0.3 is 10.6 Å². The van der Waals surface area contributed by atoms with Gasteiger partial charge in [0.2, 0.25) is 0 Å². The maximum Gasteiger partial charge on any atom is 0.191 e. The zero-order valence-electron chi connectivity index (χ0n) is 15.6. The second kappa shape index (κ2) is 10.3. The molecule has 6 heteroatoms. The average molecular weight is 323 g/mol. The van der Waals surface area contributed by atoms with Crippen LogP contribution in [0.3, 0.4) is 0 Å². The fourth-order valence-corrected chi connectivity index (χ4v) is 2.68. The summed E-state index contributed by atoms with van der Waals surface area (Å²) < 4.78 is 1.94. The summed E-state index contributed by atoms with van der Waals surface area (Å²) in [5.74, 6) is 0.856. The molecule has 0 aromatic carbocycles. The molecule has 2 N–H and O–H groups in total. The fraction of sp³-hybridized carbons (Fsp3) is 0.765. The SMILES string of the molecule is CN=C(NCCCN(C(C)C)C(C)C)NCCn1cc(C)cn1. The molecule has 132 valence electrons. The van der Waals surface area contributed by atoms with Gasteiger partial charge in [-0.2, -0.15) is 5.10 Å². The van der Waals surface area contributed by atoms with E-state index in [1.165, 1.54) is 5.56 Å². The smallest absolute Gasteiger partial charge is 0.191 e. The molecule has 0 aliphatic carbocycles. The van der Waals surface area contributed by atoms with Crippen LogP contribution in [0, 0.1) is 6.92 Å². The standard InChI is InChI=1S/C17H34N6/c1-14(2)23(15(3)4)10-7-8-19-17(18-6)20-9-11-22-13-16(5)12-21-22/h12-15H,7-11H2,1-6H3,(H2,18,19,20).